The summed E-state index contributed by atoms with van der Waals surface area (Å²) in [4.78, 5) is 39.7. The Morgan fingerprint density at radius 1 is 1.30 bits per heavy atom. The highest BCUT2D eigenvalue weighted by atomic mass is 16.6. The topological polar surface area (TPSA) is 119 Å². The van der Waals surface area contributed by atoms with Gasteiger partial charge in [0.1, 0.15) is 11.5 Å². The Morgan fingerprint density at radius 2 is 2.07 bits per heavy atom. The van der Waals surface area contributed by atoms with Gasteiger partial charge < -0.3 is 15.2 Å². The van der Waals surface area contributed by atoms with Crippen molar-refractivity contribution in [2.45, 2.75) is 19.4 Å². The molecule has 1 aliphatic heterocycles. The van der Waals surface area contributed by atoms with Crippen molar-refractivity contribution >= 4 is 23.2 Å². The molecule has 0 aliphatic carbocycles. The number of nitrogens with zero attached hydrogens (tertiary/aromatic N) is 3. The minimum Gasteiger partial charge on any atom is -0.349 e. The summed E-state index contributed by atoms with van der Waals surface area (Å²) in [6.45, 7) is 2.23. The van der Waals surface area contributed by atoms with Gasteiger partial charge in [-0.2, -0.15) is 0 Å². The lowest BCUT2D eigenvalue weighted by molar-refractivity contribution is -0.384. The summed E-state index contributed by atoms with van der Waals surface area (Å²) in [5, 5.41) is 16.6. The van der Waals surface area contributed by atoms with Crippen molar-refractivity contribution in [2.75, 3.05) is 11.9 Å². The molecular weight excluding hydrogens is 386 g/mol. The average Bonchev–Trinajstić information content (AvgIpc) is 3.16. The fourth-order valence-corrected chi connectivity index (χ4v) is 3.55. The van der Waals surface area contributed by atoms with Gasteiger partial charge in [0.2, 0.25) is 5.91 Å². The van der Waals surface area contributed by atoms with Crippen LogP contribution in [0.15, 0.2) is 54.7 Å². The maximum absolute atomic E-state index is 12.6. The Morgan fingerprint density at radius 3 is 2.77 bits per heavy atom. The number of nitrogens with one attached hydrogen (secondary N) is 2. The molecule has 1 aliphatic rings. The van der Waals surface area contributed by atoms with Gasteiger partial charge in [-0.3, -0.25) is 19.7 Å². The van der Waals surface area contributed by atoms with E-state index in [0.29, 0.717) is 22.8 Å². The van der Waals surface area contributed by atoms with Gasteiger partial charge >= 0.3 is 0 Å². The first-order valence-electron chi connectivity index (χ1n) is 9.39. The van der Waals surface area contributed by atoms with Gasteiger partial charge in [-0.05, 0) is 36.8 Å². The second kappa shape index (κ2) is 7.78. The normalized spacial score (nSPS) is 15.2. The third kappa shape index (κ3) is 3.77. The molecule has 2 N–H and O–H groups in total. The predicted molar refractivity (Wildman–Crippen MR) is 110 cm³/mol. The number of aromatic nitrogens is 2. The van der Waals surface area contributed by atoms with Gasteiger partial charge in [0.05, 0.1) is 17.2 Å². The fourth-order valence-electron chi connectivity index (χ4n) is 3.55. The number of carbonyl (C=O) groups is 2. The molecule has 0 saturated carbocycles. The number of nitro benzene ring substituents is 1. The summed E-state index contributed by atoms with van der Waals surface area (Å²) in [6, 6.07) is 13.1. The first-order valence-corrected chi connectivity index (χ1v) is 9.39. The van der Waals surface area contributed by atoms with Gasteiger partial charge in [0, 0.05) is 36.3 Å². The molecule has 1 atom stereocenters. The highest BCUT2D eigenvalue weighted by Crippen LogP contribution is 2.29. The highest BCUT2D eigenvalue weighted by molar-refractivity contribution is 5.95. The Kier molecular flexibility index (Phi) is 5.01. The molecule has 3 aromatic rings. The van der Waals surface area contributed by atoms with Crippen LogP contribution >= 0.6 is 0 Å². The van der Waals surface area contributed by atoms with E-state index in [-0.39, 0.29) is 36.5 Å². The fraction of sp³-hybridized carbons (Fsp3) is 0.190. The van der Waals surface area contributed by atoms with E-state index in [4.69, 9.17) is 0 Å². The second-order valence-corrected chi connectivity index (χ2v) is 7.13. The Labute approximate surface area is 171 Å². The SMILES string of the molecule is Cc1cccc(NC(=O)CC2CNC(=O)c3cnc(-c4ccc([N+](=O)[O-])cc4)n32)c1. The van der Waals surface area contributed by atoms with Gasteiger partial charge in [0.15, 0.2) is 0 Å². The van der Waals surface area contributed by atoms with Crippen LogP contribution in [0.2, 0.25) is 0 Å². The molecular formula is C21H19N5O4. The minimum atomic E-state index is -0.476. The number of hydrogen-bond donors (Lipinski definition) is 2. The van der Waals surface area contributed by atoms with Gasteiger partial charge in [-0.15, -0.1) is 0 Å². The van der Waals surface area contributed by atoms with Crippen LogP contribution in [0.25, 0.3) is 11.4 Å². The van der Waals surface area contributed by atoms with Crippen LogP contribution in [0.3, 0.4) is 0 Å². The third-order valence-corrected chi connectivity index (χ3v) is 4.95. The Balaban J connectivity index is 1.61. The average molecular weight is 405 g/mol. The van der Waals surface area contributed by atoms with E-state index in [1.54, 1.807) is 16.7 Å². The van der Waals surface area contributed by atoms with Crippen molar-refractivity contribution in [3.63, 3.8) is 0 Å². The zero-order valence-corrected chi connectivity index (χ0v) is 16.2. The van der Waals surface area contributed by atoms with Crippen LogP contribution in [-0.4, -0.2) is 32.8 Å². The van der Waals surface area contributed by atoms with Crippen molar-refractivity contribution in [3.05, 3.63) is 76.1 Å². The number of hydrogen-bond acceptors (Lipinski definition) is 5. The number of imidazole rings is 1. The van der Waals surface area contributed by atoms with Gasteiger partial charge in [-0.25, -0.2) is 4.98 Å². The summed E-state index contributed by atoms with van der Waals surface area (Å²) < 4.78 is 1.73. The van der Waals surface area contributed by atoms with Crippen LogP contribution < -0.4 is 10.6 Å². The minimum absolute atomic E-state index is 0.0315. The molecule has 2 aromatic carbocycles. The lowest BCUT2D eigenvalue weighted by Crippen LogP contribution is -2.40. The molecule has 2 heterocycles. The molecule has 0 saturated heterocycles. The molecule has 1 aromatic heterocycles. The maximum atomic E-state index is 12.6. The lowest BCUT2D eigenvalue weighted by Gasteiger charge is -2.27. The summed E-state index contributed by atoms with van der Waals surface area (Å²) >= 11 is 0. The number of carbonyl (C=O) groups excluding carboxylic acids is 2. The maximum Gasteiger partial charge on any atom is 0.269 e. The third-order valence-electron chi connectivity index (χ3n) is 4.95. The number of aryl methyl sites for hydroxylation is 1. The molecule has 2 amide bonds. The number of non-ortho nitro benzene ring substituents is 1. The number of fused-ring (bicyclic) bond motifs is 1. The quantitative estimate of drug-likeness (QED) is 0.499. The van der Waals surface area contributed by atoms with Gasteiger partial charge in [-0.1, -0.05) is 12.1 Å². The van der Waals surface area contributed by atoms with E-state index in [9.17, 15) is 19.7 Å². The Bertz CT molecular complexity index is 1140. The molecule has 4 rings (SSSR count). The summed E-state index contributed by atoms with van der Waals surface area (Å²) in [7, 11) is 0. The highest BCUT2D eigenvalue weighted by Gasteiger charge is 2.30. The smallest absolute Gasteiger partial charge is 0.269 e. The van der Waals surface area contributed by atoms with Gasteiger partial charge in [0.25, 0.3) is 11.6 Å². The van der Waals surface area contributed by atoms with Crippen LogP contribution in [0.4, 0.5) is 11.4 Å². The van der Waals surface area contributed by atoms with Crippen molar-refractivity contribution in [1.29, 1.82) is 0 Å². The number of anilines is 1. The molecule has 1 unspecified atom stereocenters. The Hall–Kier alpha value is -4.01. The first-order chi connectivity index (χ1) is 14.4. The molecule has 9 nitrogen and oxygen atoms in total. The van der Waals surface area contributed by atoms with Crippen molar-refractivity contribution in [1.82, 2.24) is 14.9 Å². The summed E-state index contributed by atoms with van der Waals surface area (Å²) in [6.07, 6.45) is 1.59. The van der Waals surface area contributed by atoms with E-state index < -0.39 is 4.92 Å². The van der Waals surface area contributed by atoms with E-state index >= 15 is 0 Å². The predicted octanol–water partition coefficient (Wildman–Crippen LogP) is 3.08. The molecule has 9 heteroatoms. The van der Waals surface area contributed by atoms with Crippen molar-refractivity contribution < 1.29 is 14.5 Å². The van der Waals surface area contributed by atoms with E-state index in [1.165, 1.54) is 18.3 Å². The molecule has 0 spiro atoms. The van der Waals surface area contributed by atoms with E-state index in [1.807, 2.05) is 31.2 Å². The molecule has 152 valence electrons. The number of rotatable bonds is 5. The van der Waals surface area contributed by atoms with E-state index in [0.717, 1.165) is 5.56 Å². The van der Waals surface area contributed by atoms with Crippen LogP contribution in [0.1, 0.15) is 28.5 Å². The standard InChI is InChI=1S/C21H19N5O4/c1-13-3-2-4-15(9-13)24-19(27)10-17-11-23-21(28)18-12-22-20(25(17)18)14-5-7-16(8-6-14)26(29)30/h2-9,12,17H,10-11H2,1H3,(H,23,28)(H,24,27). The molecule has 0 radical (unpaired) electrons. The largest absolute Gasteiger partial charge is 0.349 e. The van der Waals surface area contributed by atoms with Crippen molar-refractivity contribution in [2.24, 2.45) is 0 Å². The molecule has 30 heavy (non-hydrogen) atoms. The van der Waals surface area contributed by atoms with Crippen LogP contribution in [0.5, 0.6) is 0 Å². The van der Waals surface area contributed by atoms with E-state index in [2.05, 4.69) is 15.6 Å². The number of amides is 2. The molecule has 0 bridgehead atoms. The van der Waals surface area contributed by atoms with Crippen LogP contribution in [0, 0.1) is 17.0 Å². The lowest BCUT2D eigenvalue weighted by atomic mass is 10.1. The van der Waals surface area contributed by atoms with Crippen molar-refractivity contribution in [3.8, 4) is 11.4 Å². The summed E-state index contributed by atoms with van der Waals surface area (Å²) in [5.41, 5.74) is 2.70. The second-order valence-electron chi connectivity index (χ2n) is 7.13. The van der Waals surface area contributed by atoms with Crippen LogP contribution in [-0.2, 0) is 4.79 Å². The zero-order valence-electron chi connectivity index (χ0n) is 16.2. The number of benzene rings is 2. The molecule has 0 fully saturated rings. The monoisotopic (exact) mass is 405 g/mol. The zero-order chi connectivity index (χ0) is 21.3. The summed E-state index contributed by atoms with van der Waals surface area (Å²) in [5.74, 6) is 0.0326. The first kappa shape index (κ1) is 19.3. The number of nitro groups is 1.